The van der Waals surface area contributed by atoms with Crippen molar-refractivity contribution in [2.45, 2.75) is 0 Å². The van der Waals surface area contributed by atoms with Gasteiger partial charge in [0, 0.05) is 11.1 Å². The van der Waals surface area contributed by atoms with Gasteiger partial charge in [-0.05, 0) is 18.2 Å². The number of hydrogen-bond donors (Lipinski definition) is 1. The number of halogens is 3. The van der Waals surface area contributed by atoms with E-state index >= 15 is 0 Å². The molecule has 0 atom stereocenters. The van der Waals surface area contributed by atoms with Crippen molar-refractivity contribution in [3.63, 3.8) is 0 Å². The Kier molecular flexibility index (Phi) is 3.62. The van der Waals surface area contributed by atoms with Crippen LogP contribution in [0.2, 0.25) is 5.02 Å². The van der Waals surface area contributed by atoms with Crippen LogP contribution in [-0.2, 0) is 0 Å². The third-order valence-electron chi connectivity index (χ3n) is 2.15. The van der Waals surface area contributed by atoms with Crippen molar-refractivity contribution in [1.29, 1.82) is 0 Å². The molecule has 98 valence electrons. The number of carbonyl (C=O) groups is 1. The molecular weight excluding hydrogens is 280 g/mol. The maximum Gasteiger partial charge on any atom is 0.339 e. The Balaban J connectivity index is 2.40. The summed E-state index contributed by atoms with van der Waals surface area (Å²) < 4.78 is 31.0. The molecule has 0 unspecified atom stereocenters. The van der Waals surface area contributed by atoms with E-state index in [1.807, 2.05) is 0 Å². The summed E-state index contributed by atoms with van der Waals surface area (Å²) in [4.78, 5) is 14.4. The lowest BCUT2D eigenvalue weighted by molar-refractivity contribution is 0.0694. The van der Waals surface area contributed by atoms with E-state index in [-0.39, 0.29) is 16.3 Å². The zero-order valence-corrected chi connectivity index (χ0v) is 9.99. The second kappa shape index (κ2) is 5.19. The second-order valence-corrected chi connectivity index (χ2v) is 3.92. The van der Waals surface area contributed by atoms with Crippen LogP contribution < -0.4 is 4.74 Å². The van der Waals surface area contributed by atoms with Crippen LogP contribution in [0.25, 0.3) is 0 Å². The fraction of sp³-hybridized carbons (Fsp3) is 0. The molecule has 19 heavy (non-hydrogen) atoms. The highest BCUT2D eigenvalue weighted by atomic mass is 35.5. The number of benzene rings is 1. The van der Waals surface area contributed by atoms with Crippen molar-refractivity contribution in [1.82, 2.24) is 4.98 Å². The number of ether oxygens (including phenoxy) is 1. The van der Waals surface area contributed by atoms with Gasteiger partial charge < -0.3 is 9.84 Å². The van der Waals surface area contributed by atoms with Gasteiger partial charge in [-0.2, -0.15) is 0 Å². The third-order valence-corrected chi connectivity index (χ3v) is 2.39. The number of rotatable bonds is 3. The Hall–Kier alpha value is -2.21. The average Bonchev–Trinajstić information content (AvgIpc) is 2.34. The quantitative estimate of drug-likeness (QED) is 0.937. The molecule has 0 bridgehead atoms. The van der Waals surface area contributed by atoms with E-state index in [2.05, 4.69) is 4.98 Å². The number of aromatic carboxylic acids is 1. The third kappa shape index (κ3) is 2.97. The standard InChI is InChI=1S/C12H6ClF2NO3/c13-6-1-2-10(8(3-6)12(17)18)19-11-9(15)4-7(14)5-16-11/h1-5H,(H,17,18). The monoisotopic (exact) mass is 285 g/mol. The summed E-state index contributed by atoms with van der Waals surface area (Å²) in [6.45, 7) is 0. The molecule has 0 spiro atoms. The van der Waals surface area contributed by atoms with Crippen LogP contribution >= 0.6 is 11.6 Å². The number of hydrogen-bond acceptors (Lipinski definition) is 3. The minimum Gasteiger partial charge on any atom is -0.478 e. The molecule has 2 aromatic rings. The maximum atomic E-state index is 13.3. The summed E-state index contributed by atoms with van der Waals surface area (Å²) in [6, 6.07) is 4.38. The van der Waals surface area contributed by atoms with Crippen LogP contribution in [0.3, 0.4) is 0 Å². The summed E-state index contributed by atoms with van der Waals surface area (Å²) in [6.07, 6.45) is 0.759. The fourth-order valence-corrected chi connectivity index (χ4v) is 1.51. The highest BCUT2D eigenvalue weighted by Crippen LogP contribution is 2.28. The van der Waals surface area contributed by atoms with Gasteiger partial charge in [0.05, 0.1) is 6.20 Å². The first kappa shape index (κ1) is 13.2. The van der Waals surface area contributed by atoms with Crippen LogP contribution in [0.4, 0.5) is 8.78 Å². The van der Waals surface area contributed by atoms with Gasteiger partial charge in [0.1, 0.15) is 17.1 Å². The van der Waals surface area contributed by atoms with Crippen LogP contribution in [0, 0.1) is 11.6 Å². The van der Waals surface area contributed by atoms with E-state index in [0.29, 0.717) is 6.07 Å². The Morgan fingerprint density at radius 2 is 2.05 bits per heavy atom. The molecule has 7 heteroatoms. The highest BCUT2D eigenvalue weighted by Gasteiger charge is 2.15. The molecule has 0 saturated heterocycles. The first-order chi connectivity index (χ1) is 8.97. The van der Waals surface area contributed by atoms with E-state index in [1.54, 1.807) is 0 Å². The minimum atomic E-state index is -1.29. The molecule has 4 nitrogen and oxygen atoms in total. The van der Waals surface area contributed by atoms with E-state index in [9.17, 15) is 13.6 Å². The topological polar surface area (TPSA) is 59.4 Å². The molecular formula is C12H6ClF2NO3. The van der Waals surface area contributed by atoms with E-state index in [1.165, 1.54) is 12.1 Å². The molecule has 1 N–H and O–H groups in total. The number of carboxylic acids is 1. The number of nitrogens with zero attached hydrogens (tertiary/aromatic N) is 1. The van der Waals surface area contributed by atoms with E-state index in [0.717, 1.165) is 12.3 Å². The van der Waals surface area contributed by atoms with E-state index in [4.69, 9.17) is 21.4 Å². The Morgan fingerprint density at radius 3 is 2.68 bits per heavy atom. The predicted octanol–water partition coefficient (Wildman–Crippen LogP) is 3.50. The number of carboxylic acid groups (broad SMARTS) is 1. The first-order valence-corrected chi connectivity index (χ1v) is 5.37. The van der Waals surface area contributed by atoms with Gasteiger partial charge in [0.15, 0.2) is 5.82 Å². The van der Waals surface area contributed by atoms with Gasteiger partial charge in [-0.15, -0.1) is 0 Å². The van der Waals surface area contributed by atoms with Gasteiger partial charge in [-0.3, -0.25) is 0 Å². The summed E-state index contributed by atoms with van der Waals surface area (Å²) in [5.74, 6) is -3.85. The van der Waals surface area contributed by atoms with Crippen molar-refractivity contribution in [2.24, 2.45) is 0 Å². The van der Waals surface area contributed by atoms with Crippen LogP contribution in [0.1, 0.15) is 10.4 Å². The summed E-state index contributed by atoms with van der Waals surface area (Å²) in [5, 5.41) is 9.16. The van der Waals surface area contributed by atoms with Crippen molar-refractivity contribution in [3.8, 4) is 11.6 Å². The van der Waals surface area contributed by atoms with Crippen molar-refractivity contribution in [2.75, 3.05) is 0 Å². The minimum absolute atomic E-state index is 0.144. The molecule has 0 aliphatic heterocycles. The van der Waals surface area contributed by atoms with Gasteiger partial charge >= 0.3 is 5.97 Å². The Morgan fingerprint density at radius 1 is 1.32 bits per heavy atom. The van der Waals surface area contributed by atoms with Gasteiger partial charge in [0.25, 0.3) is 5.88 Å². The molecule has 0 saturated carbocycles. The maximum absolute atomic E-state index is 13.3. The zero-order valence-electron chi connectivity index (χ0n) is 9.23. The largest absolute Gasteiger partial charge is 0.478 e. The SMILES string of the molecule is O=C(O)c1cc(Cl)ccc1Oc1ncc(F)cc1F. The number of aromatic nitrogens is 1. The van der Waals surface area contributed by atoms with Crippen molar-refractivity contribution < 1.29 is 23.4 Å². The molecule has 1 aromatic carbocycles. The molecule has 0 aliphatic carbocycles. The smallest absolute Gasteiger partial charge is 0.339 e. The van der Waals surface area contributed by atoms with Crippen molar-refractivity contribution >= 4 is 17.6 Å². The Labute approximate surface area is 111 Å². The Bertz CT molecular complexity index is 649. The van der Waals surface area contributed by atoms with Gasteiger partial charge in [-0.1, -0.05) is 11.6 Å². The lowest BCUT2D eigenvalue weighted by Gasteiger charge is -2.08. The zero-order chi connectivity index (χ0) is 14.0. The van der Waals surface area contributed by atoms with Gasteiger partial charge in [-0.25, -0.2) is 18.6 Å². The number of pyridine rings is 1. The molecule has 0 fully saturated rings. The second-order valence-electron chi connectivity index (χ2n) is 3.49. The first-order valence-electron chi connectivity index (χ1n) is 4.99. The summed E-state index contributed by atoms with van der Waals surface area (Å²) >= 11 is 5.66. The van der Waals surface area contributed by atoms with Crippen LogP contribution in [0.15, 0.2) is 30.5 Å². The summed E-state index contributed by atoms with van der Waals surface area (Å²) in [5.41, 5.74) is -0.252. The van der Waals surface area contributed by atoms with Crippen LogP contribution in [0.5, 0.6) is 11.6 Å². The average molecular weight is 286 g/mol. The lowest BCUT2D eigenvalue weighted by atomic mass is 10.2. The van der Waals surface area contributed by atoms with Gasteiger partial charge in [0.2, 0.25) is 0 Å². The fourth-order valence-electron chi connectivity index (χ4n) is 1.34. The van der Waals surface area contributed by atoms with Crippen molar-refractivity contribution in [3.05, 3.63) is 52.7 Å². The van der Waals surface area contributed by atoms with Crippen LogP contribution in [-0.4, -0.2) is 16.1 Å². The molecule has 1 heterocycles. The van der Waals surface area contributed by atoms with E-state index < -0.39 is 23.5 Å². The molecule has 1 aromatic heterocycles. The molecule has 0 amide bonds. The summed E-state index contributed by atoms with van der Waals surface area (Å²) in [7, 11) is 0. The molecule has 2 rings (SSSR count). The highest BCUT2D eigenvalue weighted by molar-refractivity contribution is 6.31. The molecule has 0 aliphatic rings. The normalized spacial score (nSPS) is 10.3. The molecule has 0 radical (unpaired) electrons. The lowest BCUT2D eigenvalue weighted by Crippen LogP contribution is -2.01. The predicted molar refractivity (Wildman–Crippen MR) is 62.6 cm³/mol.